The lowest BCUT2D eigenvalue weighted by Crippen LogP contribution is -2.52. The summed E-state index contributed by atoms with van der Waals surface area (Å²) in [6, 6.07) is 8.24. The van der Waals surface area contributed by atoms with Gasteiger partial charge in [-0.1, -0.05) is 23.7 Å². The molecule has 3 N–H and O–H groups in total. The van der Waals surface area contributed by atoms with E-state index in [0.717, 1.165) is 48.8 Å². The van der Waals surface area contributed by atoms with Gasteiger partial charge in [0, 0.05) is 43.2 Å². The van der Waals surface area contributed by atoms with Crippen molar-refractivity contribution in [2.24, 2.45) is 0 Å². The standard InChI is InChI=1S/C21H27ClN6O/c1-13-8-14(5-6-18(13)22)17-10-19(17)25-21(29)27(2)16-4-3-7-28(12-16)20-9-15(23)11-24-26-20/h5-6,8-9,11,16-17,19H,3-4,7,10,12H2,1-2H3,(H2,23,26)(H,25,29)/t16-,17+,19-/m1/s1. The summed E-state index contributed by atoms with van der Waals surface area (Å²) in [5, 5.41) is 12.1. The number of amides is 2. The Labute approximate surface area is 176 Å². The van der Waals surface area contributed by atoms with E-state index in [-0.39, 0.29) is 18.1 Å². The van der Waals surface area contributed by atoms with Crippen molar-refractivity contribution in [3.8, 4) is 0 Å². The van der Waals surface area contributed by atoms with E-state index < -0.39 is 0 Å². The minimum absolute atomic E-state index is 0.0197. The van der Waals surface area contributed by atoms with Crippen LogP contribution in [0.25, 0.3) is 0 Å². The first kappa shape index (κ1) is 19.8. The molecule has 29 heavy (non-hydrogen) atoms. The van der Waals surface area contributed by atoms with Crippen LogP contribution in [0.15, 0.2) is 30.5 Å². The number of hydrogen-bond donors (Lipinski definition) is 2. The van der Waals surface area contributed by atoms with Crippen LogP contribution in [0.2, 0.25) is 5.02 Å². The fourth-order valence-corrected chi connectivity index (χ4v) is 4.17. The smallest absolute Gasteiger partial charge is 0.317 e. The number of halogens is 1. The van der Waals surface area contributed by atoms with Gasteiger partial charge in [-0.2, -0.15) is 5.10 Å². The van der Waals surface area contributed by atoms with Gasteiger partial charge in [-0.15, -0.1) is 5.10 Å². The molecule has 1 aliphatic heterocycles. The number of hydrogen-bond acceptors (Lipinski definition) is 5. The van der Waals surface area contributed by atoms with Crippen LogP contribution in [0.5, 0.6) is 0 Å². The van der Waals surface area contributed by atoms with Gasteiger partial charge in [0.15, 0.2) is 5.82 Å². The normalized spacial score (nSPS) is 23.6. The lowest BCUT2D eigenvalue weighted by atomic mass is 10.0. The molecule has 1 saturated carbocycles. The third kappa shape index (κ3) is 4.40. The predicted octanol–water partition coefficient (Wildman–Crippen LogP) is 3.19. The fraction of sp³-hybridized carbons (Fsp3) is 0.476. The molecule has 0 spiro atoms. The molecule has 0 unspecified atom stereocenters. The van der Waals surface area contributed by atoms with Crippen LogP contribution in [-0.2, 0) is 0 Å². The van der Waals surface area contributed by atoms with E-state index in [1.807, 2.05) is 31.0 Å². The van der Waals surface area contributed by atoms with E-state index in [9.17, 15) is 4.79 Å². The van der Waals surface area contributed by atoms with Gasteiger partial charge in [0.1, 0.15) is 0 Å². The first-order valence-electron chi connectivity index (χ1n) is 10.0. The molecule has 0 bridgehead atoms. The Morgan fingerprint density at radius 2 is 2.21 bits per heavy atom. The Morgan fingerprint density at radius 1 is 1.38 bits per heavy atom. The maximum Gasteiger partial charge on any atom is 0.317 e. The second-order valence-corrected chi connectivity index (χ2v) is 8.51. The van der Waals surface area contributed by atoms with E-state index in [1.54, 1.807) is 6.20 Å². The summed E-state index contributed by atoms with van der Waals surface area (Å²) in [4.78, 5) is 16.8. The molecular formula is C21H27ClN6O. The molecule has 1 aromatic carbocycles. The number of nitrogens with two attached hydrogens (primary N) is 1. The third-order valence-electron chi connectivity index (χ3n) is 5.96. The number of anilines is 2. The van der Waals surface area contributed by atoms with Crippen molar-refractivity contribution >= 4 is 29.1 Å². The minimum atomic E-state index is -0.0197. The Bertz CT molecular complexity index is 906. The zero-order valence-electron chi connectivity index (χ0n) is 16.8. The Hall–Kier alpha value is -2.54. The molecule has 2 heterocycles. The number of piperidine rings is 1. The maximum absolute atomic E-state index is 12.8. The summed E-state index contributed by atoms with van der Waals surface area (Å²) in [5.41, 5.74) is 8.75. The largest absolute Gasteiger partial charge is 0.397 e. The van der Waals surface area contributed by atoms with Gasteiger partial charge in [-0.3, -0.25) is 0 Å². The first-order chi connectivity index (χ1) is 13.9. The van der Waals surface area contributed by atoms with E-state index in [0.29, 0.717) is 11.6 Å². The molecule has 1 saturated heterocycles. The van der Waals surface area contributed by atoms with Crippen molar-refractivity contribution in [1.82, 2.24) is 20.4 Å². The second kappa shape index (κ2) is 8.06. The number of rotatable bonds is 4. The van der Waals surface area contributed by atoms with Gasteiger partial charge < -0.3 is 20.9 Å². The lowest BCUT2D eigenvalue weighted by molar-refractivity contribution is 0.182. The number of nitrogens with one attached hydrogen (secondary N) is 1. The number of carbonyl (C=O) groups excluding carboxylic acids is 1. The maximum atomic E-state index is 12.8. The van der Waals surface area contributed by atoms with Crippen LogP contribution in [0.4, 0.5) is 16.3 Å². The minimum Gasteiger partial charge on any atom is -0.397 e. The molecule has 0 radical (unpaired) electrons. The summed E-state index contributed by atoms with van der Waals surface area (Å²) < 4.78 is 0. The average molecular weight is 415 g/mol. The Balaban J connectivity index is 1.34. The van der Waals surface area contributed by atoms with E-state index in [4.69, 9.17) is 17.3 Å². The summed E-state index contributed by atoms with van der Waals surface area (Å²) in [6.45, 7) is 3.63. The van der Waals surface area contributed by atoms with E-state index >= 15 is 0 Å². The SMILES string of the molecule is Cc1cc([C@@H]2C[C@H]2NC(=O)N(C)[C@@H]2CCCN(c3cc(N)cnn3)C2)ccc1Cl. The Morgan fingerprint density at radius 3 is 2.97 bits per heavy atom. The van der Waals surface area contributed by atoms with Gasteiger partial charge >= 0.3 is 6.03 Å². The van der Waals surface area contributed by atoms with Gasteiger partial charge in [-0.05, 0) is 43.4 Å². The van der Waals surface area contributed by atoms with Gasteiger partial charge in [-0.25, -0.2) is 4.79 Å². The first-order valence-corrected chi connectivity index (χ1v) is 10.4. The quantitative estimate of drug-likeness (QED) is 0.802. The summed E-state index contributed by atoms with van der Waals surface area (Å²) >= 11 is 6.12. The highest BCUT2D eigenvalue weighted by atomic mass is 35.5. The zero-order valence-corrected chi connectivity index (χ0v) is 17.6. The van der Waals surface area contributed by atoms with Crippen molar-refractivity contribution in [3.05, 3.63) is 46.6 Å². The van der Waals surface area contributed by atoms with Crippen molar-refractivity contribution in [3.63, 3.8) is 0 Å². The second-order valence-electron chi connectivity index (χ2n) is 8.11. The molecule has 2 aliphatic rings. The van der Waals surface area contributed by atoms with Crippen LogP contribution >= 0.6 is 11.6 Å². The Kier molecular flexibility index (Phi) is 5.50. The number of likely N-dealkylation sites (N-methyl/N-ethyl adjacent to an activating group) is 1. The summed E-state index contributed by atoms with van der Waals surface area (Å²) in [5.74, 6) is 1.14. The highest BCUT2D eigenvalue weighted by Gasteiger charge is 2.40. The van der Waals surface area contributed by atoms with Crippen LogP contribution in [0.3, 0.4) is 0 Å². The van der Waals surface area contributed by atoms with Gasteiger partial charge in [0.05, 0.1) is 17.9 Å². The van der Waals surface area contributed by atoms with Crippen LogP contribution < -0.4 is 16.0 Å². The van der Waals surface area contributed by atoms with Gasteiger partial charge in [0.25, 0.3) is 0 Å². The van der Waals surface area contributed by atoms with E-state index in [2.05, 4.69) is 32.5 Å². The summed E-state index contributed by atoms with van der Waals surface area (Å²) in [7, 11) is 1.87. The monoisotopic (exact) mass is 414 g/mol. The molecule has 2 aromatic rings. The molecule has 1 aliphatic carbocycles. The molecular weight excluding hydrogens is 388 g/mol. The molecule has 154 valence electrons. The number of urea groups is 1. The molecule has 2 amide bonds. The summed E-state index contributed by atoms with van der Waals surface area (Å²) in [6.07, 6.45) is 4.48. The average Bonchev–Trinajstić information content (AvgIpc) is 3.48. The molecule has 3 atom stereocenters. The number of aryl methyl sites for hydroxylation is 1. The molecule has 7 nitrogen and oxygen atoms in total. The zero-order chi connectivity index (χ0) is 20.5. The third-order valence-corrected chi connectivity index (χ3v) is 6.38. The van der Waals surface area contributed by atoms with Crippen molar-refractivity contribution < 1.29 is 4.79 Å². The van der Waals surface area contributed by atoms with Crippen molar-refractivity contribution in [2.75, 3.05) is 30.8 Å². The lowest BCUT2D eigenvalue weighted by Gasteiger charge is -2.38. The van der Waals surface area contributed by atoms with Crippen LogP contribution in [-0.4, -0.2) is 53.3 Å². The number of carbonyl (C=O) groups is 1. The molecule has 1 aromatic heterocycles. The van der Waals surface area contributed by atoms with Crippen molar-refractivity contribution in [2.45, 2.75) is 44.2 Å². The predicted molar refractivity (Wildman–Crippen MR) is 115 cm³/mol. The fourth-order valence-electron chi connectivity index (χ4n) is 4.05. The number of nitrogen functional groups attached to an aromatic ring is 1. The van der Waals surface area contributed by atoms with Crippen molar-refractivity contribution in [1.29, 1.82) is 0 Å². The highest BCUT2D eigenvalue weighted by Crippen LogP contribution is 2.41. The molecule has 2 fully saturated rings. The number of nitrogens with zero attached hydrogens (tertiary/aromatic N) is 4. The van der Waals surface area contributed by atoms with Crippen LogP contribution in [0.1, 0.15) is 36.3 Å². The number of benzene rings is 1. The number of aromatic nitrogens is 2. The highest BCUT2D eigenvalue weighted by molar-refractivity contribution is 6.31. The van der Waals surface area contributed by atoms with Gasteiger partial charge in [0.2, 0.25) is 0 Å². The molecule has 4 rings (SSSR count). The molecule has 8 heteroatoms. The topological polar surface area (TPSA) is 87.4 Å². The van der Waals surface area contributed by atoms with E-state index in [1.165, 1.54) is 5.56 Å². The van der Waals surface area contributed by atoms with Crippen LogP contribution in [0, 0.1) is 6.92 Å².